The van der Waals surface area contributed by atoms with Crippen LogP contribution in [-0.2, 0) is 0 Å². The van der Waals surface area contributed by atoms with Crippen molar-refractivity contribution in [2.24, 2.45) is 0 Å². The Labute approximate surface area is 127 Å². The van der Waals surface area contributed by atoms with Crippen molar-refractivity contribution in [1.29, 1.82) is 0 Å². The van der Waals surface area contributed by atoms with E-state index in [1.54, 1.807) is 18.5 Å². The van der Waals surface area contributed by atoms with Crippen LogP contribution in [0.1, 0.15) is 36.9 Å². The van der Waals surface area contributed by atoms with Crippen LogP contribution in [0.2, 0.25) is 0 Å². The van der Waals surface area contributed by atoms with Gasteiger partial charge in [-0.15, -0.1) is 0 Å². The molecule has 20 heavy (non-hydrogen) atoms. The van der Waals surface area contributed by atoms with Crippen LogP contribution in [0.25, 0.3) is 0 Å². The third kappa shape index (κ3) is 3.25. The van der Waals surface area contributed by atoms with Gasteiger partial charge in [-0.2, -0.15) is 0 Å². The van der Waals surface area contributed by atoms with Crippen LogP contribution in [0.15, 0.2) is 47.2 Å². The number of benzene rings is 1. The van der Waals surface area contributed by atoms with Gasteiger partial charge in [-0.05, 0) is 51.8 Å². The average molecular weight is 337 g/mol. The molecule has 2 nitrogen and oxygen atoms in total. The maximum atomic E-state index is 13.8. The molecule has 2 aromatic rings. The first-order valence-electron chi connectivity index (χ1n) is 6.72. The van der Waals surface area contributed by atoms with Crippen molar-refractivity contribution in [2.45, 2.75) is 25.8 Å². The molecule has 1 heterocycles. The van der Waals surface area contributed by atoms with Crippen LogP contribution in [0.3, 0.4) is 0 Å². The van der Waals surface area contributed by atoms with Gasteiger partial charge in [0.2, 0.25) is 0 Å². The fraction of sp³-hybridized carbons (Fsp3) is 0.312. The minimum Gasteiger partial charge on any atom is -0.310 e. The van der Waals surface area contributed by atoms with Gasteiger partial charge < -0.3 is 5.32 Å². The summed E-state index contributed by atoms with van der Waals surface area (Å²) in [6.07, 6.45) is 3.57. The zero-order valence-electron chi connectivity index (χ0n) is 11.6. The highest BCUT2D eigenvalue weighted by Crippen LogP contribution is 2.35. The van der Waals surface area contributed by atoms with Gasteiger partial charge in [-0.3, -0.25) is 4.98 Å². The van der Waals surface area contributed by atoms with E-state index in [1.807, 2.05) is 18.2 Å². The second kappa shape index (κ2) is 6.95. The molecule has 2 atom stereocenters. The van der Waals surface area contributed by atoms with Crippen molar-refractivity contribution in [3.63, 3.8) is 0 Å². The molecule has 1 N–H and O–H groups in total. The molecular formula is C16H18BrFN2. The van der Waals surface area contributed by atoms with Gasteiger partial charge in [0.25, 0.3) is 0 Å². The molecule has 0 fully saturated rings. The largest absolute Gasteiger partial charge is 0.310 e. The lowest BCUT2D eigenvalue weighted by molar-refractivity contribution is 0.473. The quantitative estimate of drug-likeness (QED) is 0.873. The first-order valence-corrected chi connectivity index (χ1v) is 7.51. The summed E-state index contributed by atoms with van der Waals surface area (Å²) in [6, 6.07) is 9.22. The summed E-state index contributed by atoms with van der Waals surface area (Å²) in [5.74, 6) is -0.0108. The number of pyridine rings is 1. The lowest BCUT2D eigenvalue weighted by atomic mass is 9.89. The molecule has 0 amide bonds. The molecule has 0 aliphatic carbocycles. The molecule has 4 heteroatoms. The van der Waals surface area contributed by atoms with E-state index >= 15 is 0 Å². The topological polar surface area (TPSA) is 24.9 Å². The minimum atomic E-state index is -0.229. The Hall–Kier alpha value is -1.26. The molecule has 1 aromatic heterocycles. The number of hydrogen-bond donors (Lipinski definition) is 1. The van der Waals surface area contributed by atoms with Gasteiger partial charge >= 0.3 is 0 Å². The fourth-order valence-corrected chi connectivity index (χ4v) is 2.91. The second-order valence-corrected chi connectivity index (χ2v) is 5.54. The highest BCUT2D eigenvalue weighted by Gasteiger charge is 2.23. The molecule has 0 spiro atoms. The molecule has 0 aliphatic heterocycles. The molecule has 1 aromatic carbocycles. The summed E-state index contributed by atoms with van der Waals surface area (Å²) in [5.41, 5.74) is 2.12. The van der Waals surface area contributed by atoms with E-state index in [4.69, 9.17) is 0 Å². The number of aromatic nitrogens is 1. The summed E-state index contributed by atoms with van der Waals surface area (Å²) < 4.78 is 14.3. The third-order valence-corrected chi connectivity index (χ3v) is 4.31. The lowest BCUT2D eigenvalue weighted by Crippen LogP contribution is -2.26. The zero-order valence-corrected chi connectivity index (χ0v) is 13.2. The maximum Gasteiger partial charge on any atom is 0.137 e. The van der Waals surface area contributed by atoms with E-state index in [2.05, 4.69) is 40.1 Å². The smallest absolute Gasteiger partial charge is 0.137 e. The van der Waals surface area contributed by atoms with E-state index in [9.17, 15) is 4.39 Å². The number of nitrogens with zero attached hydrogens (tertiary/aromatic N) is 1. The van der Waals surface area contributed by atoms with Crippen LogP contribution in [0.5, 0.6) is 0 Å². The van der Waals surface area contributed by atoms with E-state index in [0.717, 1.165) is 12.1 Å². The lowest BCUT2D eigenvalue weighted by Gasteiger charge is -2.26. The van der Waals surface area contributed by atoms with Crippen LogP contribution in [0, 0.1) is 5.82 Å². The molecule has 0 saturated carbocycles. The van der Waals surface area contributed by atoms with Crippen molar-refractivity contribution in [1.82, 2.24) is 10.3 Å². The average Bonchev–Trinajstić information content (AvgIpc) is 2.48. The van der Waals surface area contributed by atoms with Gasteiger partial charge in [-0.1, -0.05) is 26.0 Å². The van der Waals surface area contributed by atoms with Crippen LogP contribution in [0.4, 0.5) is 4.39 Å². The second-order valence-electron chi connectivity index (χ2n) is 4.75. The van der Waals surface area contributed by atoms with E-state index in [0.29, 0.717) is 4.47 Å². The SMILES string of the molecule is CCNC(c1cccc(F)c1Br)C(C)c1ccncc1. The number of rotatable bonds is 5. The Morgan fingerprint density at radius 3 is 2.60 bits per heavy atom. The number of hydrogen-bond acceptors (Lipinski definition) is 2. The van der Waals surface area contributed by atoms with Crippen LogP contribution >= 0.6 is 15.9 Å². The Morgan fingerprint density at radius 2 is 1.95 bits per heavy atom. The third-order valence-electron chi connectivity index (χ3n) is 3.47. The Kier molecular flexibility index (Phi) is 5.26. The van der Waals surface area contributed by atoms with E-state index in [-0.39, 0.29) is 17.8 Å². The monoisotopic (exact) mass is 336 g/mol. The molecule has 0 radical (unpaired) electrons. The molecule has 0 aliphatic rings. The fourth-order valence-electron chi connectivity index (χ4n) is 2.40. The summed E-state index contributed by atoms with van der Waals surface area (Å²) in [7, 11) is 0. The van der Waals surface area contributed by atoms with E-state index in [1.165, 1.54) is 11.6 Å². The van der Waals surface area contributed by atoms with Crippen LogP contribution in [-0.4, -0.2) is 11.5 Å². The predicted molar refractivity (Wildman–Crippen MR) is 83.2 cm³/mol. The zero-order chi connectivity index (χ0) is 14.5. The van der Waals surface area contributed by atoms with Crippen molar-refractivity contribution in [3.05, 3.63) is 64.1 Å². The minimum absolute atomic E-state index is 0.0486. The van der Waals surface area contributed by atoms with Crippen molar-refractivity contribution in [2.75, 3.05) is 6.54 Å². The first-order chi connectivity index (χ1) is 9.65. The van der Waals surface area contributed by atoms with E-state index < -0.39 is 0 Å². The molecule has 0 saturated heterocycles. The number of likely N-dealkylation sites (N-methyl/N-ethyl adjacent to an activating group) is 1. The first kappa shape index (κ1) is 15.1. The molecule has 2 unspecified atom stereocenters. The molecule has 0 bridgehead atoms. The molecular weight excluding hydrogens is 319 g/mol. The summed E-state index contributed by atoms with van der Waals surface area (Å²) >= 11 is 3.36. The summed E-state index contributed by atoms with van der Waals surface area (Å²) in [5, 5.41) is 3.45. The molecule has 2 rings (SSSR count). The summed E-state index contributed by atoms with van der Waals surface area (Å²) in [4.78, 5) is 4.05. The standard InChI is InChI=1S/C16H18BrFN2/c1-3-20-16(11(2)12-7-9-19-10-8-12)13-5-4-6-14(18)15(13)17/h4-11,16,20H,3H2,1-2H3. The Balaban J connectivity index is 2.38. The van der Waals surface area contributed by atoms with Gasteiger partial charge in [0.05, 0.1) is 4.47 Å². The Bertz CT molecular complexity index is 560. The van der Waals surface area contributed by atoms with Crippen molar-refractivity contribution >= 4 is 15.9 Å². The van der Waals surface area contributed by atoms with Crippen molar-refractivity contribution in [3.8, 4) is 0 Å². The van der Waals surface area contributed by atoms with Gasteiger partial charge in [0, 0.05) is 24.4 Å². The van der Waals surface area contributed by atoms with Gasteiger partial charge in [0.1, 0.15) is 5.82 Å². The van der Waals surface area contributed by atoms with Gasteiger partial charge in [-0.25, -0.2) is 4.39 Å². The highest BCUT2D eigenvalue weighted by molar-refractivity contribution is 9.10. The van der Waals surface area contributed by atoms with Gasteiger partial charge in [0.15, 0.2) is 0 Å². The highest BCUT2D eigenvalue weighted by atomic mass is 79.9. The maximum absolute atomic E-state index is 13.8. The number of nitrogens with one attached hydrogen (secondary N) is 1. The normalized spacial score (nSPS) is 14.0. The number of halogens is 2. The predicted octanol–water partition coefficient (Wildman–Crippen LogP) is 4.44. The Morgan fingerprint density at radius 1 is 1.25 bits per heavy atom. The van der Waals surface area contributed by atoms with Crippen LogP contribution < -0.4 is 5.32 Å². The molecule has 106 valence electrons. The van der Waals surface area contributed by atoms with Crippen molar-refractivity contribution < 1.29 is 4.39 Å². The summed E-state index contributed by atoms with van der Waals surface area (Å²) in [6.45, 7) is 5.02.